The topological polar surface area (TPSA) is 307 Å². The standard InChI is InChI=1S/C45H79NO18/c1-3-5-7-8-9-10-11-12-13-14-15-16-17-18-19-21-23-33(51)46-28(29(50)22-20-6-4-2)27-59-43-39(57)36(54)41(31(25-48)61-43)64-45-40(58)37(55)42(32(26-49)62-45)63-44-38(56)35(53)34(52)30(24-47)60-44/h10-11,13-14,20,22,28-32,34-45,47-50,52-58H,3-9,12,15-19,21,23-27H2,1-2H3,(H,46,51)/b11-10-,14-13-,22-20+. The molecule has 64 heavy (non-hydrogen) atoms. The van der Waals surface area contributed by atoms with Crippen LogP contribution in [0.1, 0.15) is 110 Å². The lowest BCUT2D eigenvalue weighted by molar-refractivity contribution is -0.379. The van der Waals surface area contributed by atoms with Crippen LogP contribution in [0, 0.1) is 0 Å². The highest BCUT2D eigenvalue weighted by molar-refractivity contribution is 5.76. The summed E-state index contributed by atoms with van der Waals surface area (Å²) >= 11 is 0. The fourth-order valence-corrected chi connectivity index (χ4v) is 7.69. The van der Waals surface area contributed by atoms with E-state index in [0.29, 0.717) is 12.8 Å². The number of aliphatic hydroxyl groups is 11. The summed E-state index contributed by atoms with van der Waals surface area (Å²) in [6.07, 6.45) is -0.0460. The van der Waals surface area contributed by atoms with E-state index in [1.807, 2.05) is 6.92 Å². The lowest BCUT2D eigenvalue weighted by Gasteiger charge is -2.48. The van der Waals surface area contributed by atoms with Gasteiger partial charge < -0.3 is 89.9 Å². The Bertz CT molecular complexity index is 1340. The van der Waals surface area contributed by atoms with Crippen LogP contribution in [0.15, 0.2) is 36.5 Å². The smallest absolute Gasteiger partial charge is 0.220 e. The van der Waals surface area contributed by atoms with Gasteiger partial charge in [0.1, 0.15) is 73.2 Å². The molecular weight excluding hydrogens is 842 g/mol. The monoisotopic (exact) mass is 922 g/mol. The average Bonchev–Trinajstić information content (AvgIpc) is 3.29. The Hall–Kier alpha value is -1.99. The van der Waals surface area contributed by atoms with E-state index < -0.39 is 124 Å². The summed E-state index contributed by atoms with van der Waals surface area (Å²) in [6.45, 7) is 1.40. The molecule has 0 radical (unpaired) electrons. The van der Waals surface area contributed by atoms with Crippen molar-refractivity contribution in [2.24, 2.45) is 0 Å². The Kier molecular flexibility index (Phi) is 27.4. The minimum atomic E-state index is -1.98. The van der Waals surface area contributed by atoms with Crippen LogP contribution in [0.4, 0.5) is 0 Å². The third-order valence-corrected chi connectivity index (χ3v) is 11.7. The van der Waals surface area contributed by atoms with Crippen LogP contribution in [0.3, 0.4) is 0 Å². The quantitative estimate of drug-likeness (QED) is 0.0330. The molecule has 0 bridgehead atoms. The zero-order valence-corrected chi connectivity index (χ0v) is 37.5. The van der Waals surface area contributed by atoms with Crippen molar-refractivity contribution in [3.8, 4) is 0 Å². The first-order valence-corrected chi connectivity index (χ1v) is 23.2. The van der Waals surface area contributed by atoms with Crippen molar-refractivity contribution >= 4 is 5.91 Å². The predicted molar refractivity (Wildman–Crippen MR) is 231 cm³/mol. The first kappa shape index (κ1) is 56.3. The SMILES string of the molecule is CCC/C=C/C(O)C(COC1OC(CO)C(OC2OC(CO)C(OC3OC(CO)C(O)C(O)C3O)C(O)C2O)C(O)C1O)NC(=O)CCCCCCC/C=C\C/C=C\CCCCCC. The average molecular weight is 922 g/mol. The molecule has 3 aliphatic rings. The Labute approximate surface area is 377 Å². The maximum absolute atomic E-state index is 13.0. The molecule has 3 fully saturated rings. The number of amides is 1. The first-order valence-electron chi connectivity index (χ1n) is 23.2. The first-order chi connectivity index (χ1) is 30.8. The Morgan fingerprint density at radius 2 is 1.06 bits per heavy atom. The minimum absolute atomic E-state index is 0.223. The summed E-state index contributed by atoms with van der Waals surface area (Å²) in [6, 6.07) is -0.973. The van der Waals surface area contributed by atoms with Gasteiger partial charge in [0, 0.05) is 6.42 Å². The number of hydrogen-bond donors (Lipinski definition) is 12. The molecule has 17 atom stereocenters. The molecule has 3 saturated heterocycles. The zero-order chi connectivity index (χ0) is 47.0. The van der Waals surface area contributed by atoms with E-state index in [1.54, 1.807) is 6.08 Å². The van der Waals surface area contributed by atoms with E-state index in [1.165, 1.54) is 31.8 Å². The number of allylic oxidation sites excluding steroid dienone is 5. The van der Waals surface area contributed by atoms with Gasteiger partial charge >= 0.3 is 0 Å². The minimum Gasteiger partial charge on any atom is -0.394 e. The maximum Gasteiger partial charge on any atom is 0.220 e. The van der Waals surface area contributed by atoms with E-state index in [-0.39, 0.29) is 18.9 Å². The van der Waals surface area contributed by atoms with Gasteiger partial charge in [-0.2, -0.15) is 0 Å². The van der Waals surface area contributed by atoms with Crippen molar-refractivity contribution < 1.29 is 89.4 Å². The van der Waals surface area contributed by atoms with Gasteiger partial charge in [-0.15, -0.1) is 0 Å². The number of hydrogen-bond acceptors (Lipinski definition) is 18. The van der Waals surface area contributed by atoms with Crippen LogP contribution < -0.4 is 5.32 Å². The molecule has 3 aliphatic heterocycles. The number of unbranched alkanes of at least 4 members (excludes halogenated alkanes) is 10. The van der Waals surface area contributed by atoms with Crippen molar-refractivity contribution in [3.63, 3.8) is 0 Å². The van der Waals surface area contributed by atoms with Crippen molar-refractivity contribution in [3.05, 3.63) is 36.5 Å². The van der Waals surface area contributed by atoms with E-state index in [2.05, 4.69) is 36.5 Å². The molecule has 17 unspecified atom stereocenters. The highest BCUT2D eigenvalue weighted by atomic mass is 16.8. The highest BCUT2D eigenvalue weighted by Gasteiger charge is 2.53. The molecule has 19 heteroatoms. The lowest BCUT2D eigenvalue weighted by atomic mass is 9.96. The van der Waals surface area contributed by atoms with Crippen molar-refractivity contribution in [1.29, 1.82) is 0 Å². The Morgan fingerprint density at radius 3 is 1.62 bits per heavy atom. The normalized spacial score (nSPS) is 34.8. The van der Waals surface area contributed by atoms with Gasteiger partial charge in [0.2, 0.25) is 5.91 Å². The Morgan fingerprint density at radius 1 is 0.562 bits per heavy atom. The number of aliphatic hydroxyl groups excluding tert-OH is 11. The second kappa shape index (κ2) is 31.1. The van der Waals surface area contributed by atoms with Crippen LogP contribution >= 0.6 is 0 Å². The van der Waals surface area contributed by atoms with Crippen molar-refractivity contribution in [2.75, 3.05) is 26.4 Å². The summed E-state index contributed by atoms with van der Waals surface area (Å²) in [4.78, 5) is 13.0. The number of ether oxygens (including phenoxy) is 6. The van der Waals surface area contributed by atoms with E-state index in [9.17, 15) is 61.0 Å². The molecule has 12 N–H and O–H groups in total. The molecule has 0 aliphatic carbocycles. The third-order valence-electron chi connectivity index (χ3n) is 11.7. The molecule has 3 rings (SSSR count). The van der Waals surface area contributed by atoms with Gasteiger partial charge in [-0.05, 0) is 44.9 Å². The van der Waals surface area contributed by atoms with Gasteiger partial charge in [-0.1, -0.05) is 95.2 Å². The molecule has 372 valence electrons. The summed E-state index contributed by atoms with van der Waals surface area (Å²) in [7, 11) is 0. The van der Waals surface area contributed by atoms with Gasteiger partial charge in [-0.3, -0.25) is 4.79 Å². The number of rotatable bonds is 30. The number of nitrogens with one attached hydrogen (secondary N) is 1. The van der Waals surface area contributed by atoms with Gasteiger partial charge in [0.05, 0.1) is 38.6 Å². The van der Waals surface area contributed by atoms with Crippen LogP contribution in [0.5, 0.6) is 0 Å². The van der Waals surface area contributed by atoms with Crippen LogP contribution in [0.2, 0.25) is 0 Å². The van der Waals surface area contributed by atoms with E-state index in [4.69, 9.17) is 28.4 Å². The highest BCUT2D eigenvalue weighted by Crippen LogP contribution is 2.33. The van der Waals surface area contributed by atoms with Gasteiger partial charge in [-0.25, -0.2) is 0 Å². The van der Waals surface area contributed by atoms with E-state index >= 15 is 0 Å². The van der Waals surface area contributed by atoms with Crippen LogP contribution in [-0.4, -0.2) is 193 Å². The molecule has 0 saturated carbocycles. The van der Waals surface area contributed by atoms with Crippen molar-refractivity contribution in [1.82, 2.24) is 5.32 Å². The molecule has 0 aromatic rings. The van der Waals surface area contributed by atoms with Crippen LogP contribution in [-0.2, 0) is 33.2 Å². The van der Waals surface area contributed by atoms with E-state index in [0.717, 1.165) is 51.4 Å². The summed E-state index contributed by atoms with van der Waals surface area (Å²) in [5.74, 6) is -0.306. The van der Waals surface area contributed by atoms with Gasteiger partial charge in [0.15, 0.2) is 18.9 Å². The number of carbonyl (C=O) groups excluding carboxylic acids is 1. The fraction of sp³-hybridized carbons (Fsp3) is 0.844. The summed E-state index contributed by atoms with van der Waals surface area (Å²) < 4.78 is 33.8. The van der Waals surface area contributed by atoms with Crippen molar-refractivity contribution in [2.45, 2.75) is 214 Å². The summed E-state index contributed by atoms with van der Waals surface area (Å²) in [5.41, 5.74) is 0. The molecule has 0 aromatic carbocycles. The molecule has 19 nitrogen and oxygen atoms in total. The lowest BCUT2D eigenvalue weighted by Crippen LogP contribution is -2.66. The van der Waals surface area contributed by atoms with Gasteiger partial charge in [0.25, 0.3) is 0 Å². The fourth-order valence-electron chi connectivity index (χ4n) is 7.69. The zero-order valence-electron chi connectivity index (χ0n) is 37.5. The second-order valence-corrected chi connectivity index (χ2v) is 16.9. The largest absolute Gasteiger partial charge is 0.394 e. The summed E-state index contributed by atoms with van der Waals surface area (Å²) in [5, 5.41) is 118. The predicted octanol–water partition coefficient (Wildman–Crippen LogP) is -0.143. The third kappa shape index (κ3) is 17.9. The number of carbonyl (C=O) groups is 1. The molecule has 1 amide bonds. The van der Waals surface area contributed by atoms with Crippen LogP contribution in [0.25, 0.3) is 0 Å². The molecule has 0 aromatic heterocycles. The molecular formula is C45H79NO18. The molecule has 0 spiro atoms. The maximum atomic E-state index is 13.0. The second-order valence-electron chi connectivity index (χ2n) is 16.9. The molecule has 3 heterocycles. The Balaban J connectivity index is 1.50.